The number of benzene rings is 1. The van der Waals surface area contributed by atoms with Gasteiger partial charge in [0.2, 0.25) is 0 Å². The summed E-state index contributed by atoms with van der Waals surface area (Å²) < 4.78 is 1.86. The molecule has 0 atom stereocenters. The fraction of sp³-hybridized carbons (Fsp3) is 0.231. The summed E-state index contributed by atoms with van der Waals surface area (Å²) >= 11 is 0. The number of nitrogen functional groups attached to an aromatic ring is 1. The third-order valence-corrected chi connectivity index (χ3v) is 2.77. The van der Waals surface area contributed by atoms with Crippen LogP contribution in [0.3, 0.4) is 0 Å². The maximum Gasteiger partial charge on any atom is 0.253 e. The van der Waals surface area contributed by atoms with Gasteiger partial charge in [-0.15, -0.1) is 0 Å². The number of carbonyl (C=O) groups is 1. The zero-order valence-electron chi connectivity index (χ0n) is 10.7. The first-order valence-corrected chi connectivity index (χ1v) is 5.62. The van der Waals surface area contributed by atoms with E-state index >= 15 is 0 Å². The molecule has 94 valence electrons. The number of nitrogens with zero attached hydrogens (tertiary/aromatic N) is 3. The van der Waals surface area contributed by atoms with Gasteiger partial charge in [-0.25, -0.2) is 4.98 Å². The molecule has 1 aromatic carbocycles. The third kappa shape index (κ3) is 2.07. The maximum absolute atomic E-state index is 11.9. The Morgan fingerprint density at radius 2 is 2.11 bits per heavy atom. The fourth-order valence-corrected chi connectivity index (χ4v) is 1.78. The number of rotatable bonds is 2. The van der Waals surface area contributed by atoms with Crippen molar-refractivity contribution < 1.29 is 4.79 Å². The Hall–Kier alpha value is -2.30. The van der Waals surface area contributed by atoms with E-state index in [-0.39, 0.29) is 5.91 Å². The minimum atomic E-state index is -0.0472. The molecule has 2 aromatic rings. The predicted molar refractivity (Wildman–Crippen MR) is 70.7 cm³/mol. The van der Waals surface area contributed by atoms with Gasteiger partial charge in [-0.1, -0.05) is 0 Å². The number of carbonyl (C=O) groups excluding carboxylic acids is 1. The van der Waals surface area contributed by atoms with E-state index in [0.717, 1.165) is 11.5 Å². The van der Waals surface area contributed by atoms with Crippen molar-refractivity contribution >= 4 is 11.6 Å². The summed E-state index contributed by atoms with van der Waals surface area (Å²) in [6, 6.07) is 5.26. The number of imidazole rings is 1. The molecule has 1 aromatic heterocycles. The van der Waals surface area contributed by atoms with Crippen LogP contribution < -0.4 is 5.73 Å². The lowest BCUT2D eigenvalue weighted by Gasteiger charge is -2.13. The predicted octanol–water partition coefficient (Wildman–Crippen LogP) is 1.46. The second-order valence-electron chi connectivity index (χ2n) is 4.32. The van der Waals surface area contributed by atoms with Crippen LogP contribution >= 0.6 is 0 Å². The minimum absolute atomic E-state index is 0.0472. The molecule has 18 heavy (non-hydrogen) atoms. The molecule has 2 N–H and O–H groups in total. The zero-order valence-corrected chi connectivity index (χ0v) is 10.7. The van der Waals surface area contributed by atoms with Gasteiger partial charge in [0.15, 0.2) is 0 Å². The highest BCUT2D eigenvalue weighted by Gasteiger charge is 2.12. The zero-order chi connectivity index (χ0) is 13.3. The first kappa shape index (κ1) is 12.2. The number of amides is 1. The highest BCUT2D eigenvalue weighted by atomic mass is 16.2. The van der Waals surface area contributed by atoms with Crippen molar-refractivity contribution in [1.29, 1.82) is 0 Å². The Labute approximate surface area is 106 Å². The average Bonchev–Trinajstić information content (AvgIpc) is 2.75. The van der Waals surface area contributed by atoms with E-state index < -0.39 is 0 Å². The Morgan fingerprint density at radius 1 is 1.39 bits per heavy atom. The molecule has 0 aliphatic heterocycles. The standard InChI is InChI=1S/C13H16N4O/c1-9-15-6-7-17(9)12-8-10(4-5-11(12)14)13(18)16(2)3/h4-8H,14H2,1-3H3. The molecule has 0 bridgehead atoms. The number of aryl methyl sites for hydroxylation is 1. The Kier molecular flexibility index (Phi) is 3.06. The van der Waals surface area contributed by atoms with E-state index in [1.54, 1.807) is 38.5 Å². The van der Waals surface area contributed by atoms with Gasteiger partial charge in [-0.2, -0.15) is 0 Å². The van der Waals surface area contributed by atoms with Gasteiger partial charge < -0.3 is 15.2 Å². The summed E-state index contributed by atoms with van der Waals surface area (Å²) in [5, 5.41) is 0. The van der Waals surface area contributed by atoms with Crippen LogP contribution in [0.1, 0.15) is 16.2 Å². The van der Waals surface area contributed by atoms with E-state index in [4.69, 9.17) is 5.73 Å². The van der Waals surface area contributed by atoms with Crippen LogP contribution in [0.2, 0.25) is 0 Å². The smallest absolute Gasteiger partial charge is 0.253 e. The molecule has 0 aliphatic carbocycles. The van der Waals surface area contributed by atoms with Gasteiger partial charge in [-0.05, 0) is 25.1 Å². The summed E-state index contributed by atoms with van der Waals surface area (Å²) in [6.07, 6.45) is 3.53. The lowest BCUT2D eigenvalue weighted by Crippen LogP contribution is -2.22. The van der Waals surface area contributed by atoms with Crippen molar-refractivity contribution in [3.8, 4) is 5.69 Å². The van der Waals surface area contributed by atoms with E-state index in [1.165, 1.54) is 4.90 Å². The molecule has 2 rings (SSSR count). The molecule has 0 fully saturated rings. The SMILES string of the molecule is Cc1nccn1-c1cc(C(=O)N(C)C)ccc1N. The van der Waals surface area contributed by atoms with Gasteiger partial charge in [-0.3, -0.25) is 4.79 Å². The lowest BCUT2D eigenvalue weighted by molar-refractivity contribution is 0.0827. The molecule has 5 nitrogen and oxygen atoms in total. The Morgan fingerprint density at radius 3 is 2.67 bits per heavy atom. The number of nitrogens with two attached hydrogens (primary N) is 1. The molecule has 0 unspecified atom stereocenters. The van der Waals surface area contributed by atoms with Gasteiger partial charge >= 0.3 is 0 Å². The molecule has 1 amide bonds. The van der Waals surface area contributed by atoms with Crippen molar-refractivity contribution in [2.75, 3.05) is 19.8 Å². The number of hydrogen-bond donors (Lipinski definition) is 1. The van der Waals surface area contributed by atoms with Crippen LogP contribution in [0.25, 0.3) is 5.69 Å². The maximum atomic E-state index is 11.9. The average molecular weight is 244 g/mol. The second-order valence-corrected chi connectivity index (χ2v) is 4.32. The first-order valence-electron chi connectivity index (χ1n) is 5.62. The van der Waals surface area contributed by atoms with Gasteiger partial charge in [0.05, 0.1) is 11.4 Å². The fourth-order valence-electron chi connectivity index (χ4n) is 1.78. The lowest BCUT2D eigenvalue weighted by atomic mass is 10.1. The normalized spacial score (nSPS) is 10.4. The van der Waals surface area contributed by atoms with E-state index in [2.05, 4.69) is 4.98 Å². The van der Waals surface area contributed by atoms with Crippen LogP contribution in [0.15, 0.2) is 30.6 Å². The summed E-state index contributed by atoms with van der Waals surface area (Å²) in [5.74, 6) is 0.783. The Bertz CT molecular complexity index is 586. The molecule has 0 spiro atoms. The number of anilines is 1. The topological polar surface area (TPSA) is 64.2 Å². The van der Waals surface area contributed by atoms with Crippen LogP contribution in [0, 0.1) is 6.92 Å². The van der Waals surface area contributed by atoms with Crippen molar-refractivity contribution in [2.24, 2.45) is 0 Å². The number of aromatic nitrogens is 2. The van der Waals surface area contributed by atoms with E-state index in [1.807, 2.05) is 17.7 Å². The third-order valence-electron chi connectivity index (χ3n) is 2.77. The van der Waals surface area contributed by atoms with Gasteiger partial charge in [0.25, 0.3) is 5.91 Å². The molecule has 0 saturated heterocycles. The molecule has 0 radical (unpaired) electrons. The minimum Gasteiger partial charge on any atom is -0.397 e. The van der Waals surface area contributed by atoms with Crippen molar-refractivity contribution in [1.82, 2.24) is 14.5 Å². The van der Waals surface area contributed by atoms with E-state index in [9.17, 15) is 4.79 Å². The van der Waals surface area contributed by atoms with Gasteiger partial charge in [0, 0.05) is 32.1 Å². The summed E-state index contributed by atoms with van der Waals surface area (Å²) in [7, 11) is 3.45. The van der Waals surface area contributed by atoms with Crippen molar-refractivity contribution in [2.45, 2.75) is 6.92 Å². The van der Waals surface area contributed by atoms with Crippen molar-refractivity contribution in [3.63, 3.8) is 0 Å². The molecular weight excluding hydrogens is 228 g/mol. The van der Waals surface area contributed by atoms with Gasteiger partial charge in [0.1, 0.15) is 5.82 Å². The molecule has 5 heteroatoms. The van der Waals surface area contributed by atoms with Crippen LogP contribution in [0.4, 0.5) is 5.69 Å². The highest BCUT2D eigenvalue weighted by Crippen LogP contribution is 2.20. The van der Waals surface area contributed by atoms with Crippen LogP contribution in [-0.2, 0) is 0 Å². The second kappa shape index (κ2) is 4.52. The molecule has 0 aliphatic rings. The summed E-state index contributed by atoms with van der Waals surface area (Å²) in [5.41, 5.74) is 7.95. The largest absolute Gasteiger partial charge is 0.397 e. The monoisotopic (exact) mass is 244 g/mol. The quantitative estimate of drug-likeness (QED) is 0.813. The van der Waals surface area contributed by atoms with Crippen molar-refractivity contribution in [3.05, 3.63) is 42.0 Å². The van der Waals surface area contributed by atoms with Crippen LogP contribution in [-0.4, -0.2) is 34.5 Å². The first-order chi connectivity index (χ1) is 8.50. The summed E-state index contributed by atoms with van der Waals surface area (Å²) in [4.78, 5) is 17.6. The summed E-state index contributed by atoms with van der Waals surface area (Å²) in [6.45, 7) is 1.89. The number of hydrogen-bond acceptors (Lipinski definition) is 3. The molecule has 1 heterocycles. The van der Waals surface area contributed by atoms with Crippen LogP contribution in [0.5, 0.6) is 0 Å². The highest BCUT2D eigenvalue weighted by molar-refractivity contribution is 5.95. The van der Waals surface area contributed by atoms with E-state index in [0.29, 0.717) is 11.3 Å². The Balaban J connectivity index is 2.52. The molecular formula is C13H16N4O. The molecule has 0 saturated carbocycles.